The molecule has 10 heteroatoms. The van der Waals surface area contributed by atoms with Crippen molar-refractivity contribution in [3.63, 3.8) is 0 Å². The lowest BCUT2D eigenvalue weighted by Gasteiger charge is -2.32. The van der Waals surface area contributed by atoms with Crippen molar-refractivity contribution in [2.24, 2.45) is 5.92 Å². The minimum atomic E-state index is -0.669. The number of piperidine rings is 1. The zero-order valence-electron chi connectivity index (χ0n) is 14.8. The average Bonchev–Trinajstić information content (AvgIpc) is 3.26. The van der Waals surface area contributed by atoms with E-state index in [1.54, 1.807) is 12.1 Å². The van der Waals surface area contributed by atoms with Crippen molar-refractivity contribution < 1.29 is 13.6 Å². The molecule has 8 nitrogen and oxygen atoms in total. The second-order valence-corrected chi connectivity index (χ2v) is 6.49. The number of aromatic nitrogens is 5. The van der Waals surface area contributed by atoms with Crippen molar-refractivity contribution in [3.8, 4) is 5.82 Å². The van der Waals surface area contributed by atoms with Gasteiger partial charge in [0.1, 0.15) is 24.3 Å². The topological polar surface area (TPSA) is 88.8 Å². The summed E-state index contributed by atoms with van der Waals surface area (Å²) in [5.74, 6) is -0.816. The Morgan fingerprint density at radius 1 is 1.14 bits per heavy atom. The maximum absolute atomic E-state index is 13.8. The minimum Gasteiger partial charge on any atom is -0.354 e. The molecule has 144 valence electrons. The maximum Gasteiger partial charge on any atom is 0.229 e. The van der Waals surface area contributed by atoms with E-state index < -0.39 is 11.6 Å². The van der Waals surface area contributed by atoms with E-state index in [4.69, 9.17) is 0 Å². The Bertz CT molecular complexity index is 963. The number of rotatable bonds is 4. The number of carbonyl (C=O) groups excluding carboxylic acids is 1. The minimum absolute atomic E-state index is 0.154. The maximum atomic E-state index is 13.8. The fourth-order valence-electron chi connectivity index (χ4n) is 3.16. The van der Waals surface area contributed by atoms with Crippen LogP contribution in [0.1, 0.15) is 12.8 Å². The molecule has 0 unspecified atom stereocenters. The molecule has 1 aromatic carbocycles. The van der Waals surface area contributed by atoms with Crippen LogP contribution in [0.5, 0.6) is 0 Å². The van der Waals surface area contributed by atoms with Crippen LogP contribution in [0.4, 0.5) is 20.3 Å². The van der Waals surface area contributed by atoms with Gasteiger partial charge in [0.05, 0.1) is 11.6 Å². The van der Waals surface area contributed by atoms with Crippen LogP contribution in [-0.4, -0.2) is 44.0 Å². The summed E-state index contributed by atoms with van der Waals surface area (Å²) in [4.78, 5) is 18.4. The summed E-state index contributed by atoms with van der Waals surface area (Å²) in [7, 11) is 0. The molecule has 28 heavy (non-hydrogen) atoms. The van der Waals surface area contributed by atoms with E-state index in [9.17, 15) is 13.6 Å². The molecular formula is C18H17F2N7O. The summed E-state index contributed by atoms with van der Waals surface area (Å²) in [6, 6.07) is 6.54. The zero-order valence-corrected chi connectivity index (χ0v) is 14.8. The van der Waals surface area contributed by atoms with Gasteiger partial charge in [-0.3, -0.25) is 4.79 Å². The Hall–Kier alpha value is -3.43. The molecule has 3 heterocycles. The number of hydrogen-bond donors (Lipinski definition) is 1. The molecule has 1 saturated heterocycles. The first-order valence-corrected chi connectivity index (χ1v) is 8.80. The number of benzene rings is 1. The molecule has 0 radical (unpaired) electrons. The van der Waals surface area contributed by atoms with Crippen molar-refractivity contribution in [2.45, 2.75) is 12.8 Å². The molecule has 4 rings (SSSR count). The van der Waals surface area contributed by atoms with Crippen LogP contribution in [0.25, 0.3) is 5.82 Å². The van der Waals surface area contributed by atoms with Gasteiger partial charge in [-0.25, -0.2) is 18.4 Å². The van der Waals surface area contributed by atoms with Gasteiger partial charge in [0.15, 0.2) is 11.6 Å². The molecule has 2 aromatic heterocycles. The summed E-state index contributed by atoms with van der Waals surface area (Å²) in [5.41, 5.74) is -0.154. The lowest BCUT2D eigenvalue weighted by atomic mass is 9.97. The highest BCUT2D eigenvalue weighted by Gasteiger charge is 2.27. The molecule has 0 aliphatic carbocycles. The fourth-order valence-corrected chi connectivity index (χ4v) is 3.16. The first-order valence-electron chi connectivity index (χ1n) is 8.80. The lowest BCUT2D eigenvalue weighted by molar-refractivity contribution is -0.120. The van der Waals surface area contributed by atoms with E-state index in [1.165, 1.54) is 17.3 Å². The summed E-state index contributed by atoms with van der Waals surface area (Å²) in [5, 5.41) is 14.8. The Morgan fingerprint density at radius 3 is 2.71 bits per heavy atom. The van der Waals surface area contributed by atoms with Crippen LogP contribution in [0.15, 0.2) is 43.0 Å². The average molecular weight is 385 g/mol. The highest BCUT2D eigenvalue weighted by atomic mass is 19.1. The largest absolute Gasteiger partial charge is 0.354 e. The van der Waals surface area contributed by atoms with Gasteiger partial charge in [0.25, 0.3) is 0 Å². The van der Waals surface area contributed by atoms with E-state index in [2.05, 4.69) is 25.6 Å². The number of carbonyl (C=O) groups is 1. The van der Waals surface area contributed by atoms with Gasteiger partial charge in [-0.1, -0.05) is 0 Å². The highest BCUT2D eigenvalue weighted by Crippen LogP contribution is 2.24. The summed E-state index contributed by atoms with van der Waals surface area (Å²) < 4.78 is 28.6. The standard InChI is InChI=1S/C18H17F2N7O/c19-13-3-4-14(20)15(8-13)23-18(28)12-2-1-7-26(9-12)16-5-6-17(25-24-16)27-11-21-10-22-27/h3-6,8,10-12H,1-2,7,9H2,(H,23,28)/t12-/m0/s1. The van der Waals surface area contributed by atoms with E-state index in [1.807, 2.05) is 4.90 Å². The quantitative estimate of drug-likeness (QED) is 0.741. The van der Waals surface area contributed by atoms with Crippen LogP contribution < -0.4 is 10.2 Å². The molecule has 0 spiro atoms. The normalized spacial score (nSPS) is 16.8. The van der Waals surface area contributed by atoms with Crippen molar-refractivity contribution in [3.05, 3.63) is 54.6 Å². The second kappa shape index (κ2) is 7.67. The van der Waals surface area contributed by atoms with E-state index >= 15 is 0 Å². The molecule has 0 bridgehead atoms. The molecule has 1 N–H and O–H groups in total. The number of anilines is 2. The Balaban J connectivity index is 1.44. The van der Waals surface area contributed by atoms with Gasteiger partial charge in [0.2, 0.25) is 5.91 Å². The van der Waals surface area contributed by atoms with Crippen LogP contribution in [0.3, 0.4) is 0 Å². The van der Waals surface area contributed by atoms with Crippen molar-refractivity contribution in [1.29, 1.82) is 0 Å². The van der Waals surface area contributed by atoms with Gasteiger partial charge < -0.3 is 10.2 Å². The number of halogens is 2. The Kier molecular flexibility index (Phi) is 4.92. The smallest absolute Gasteiger partial charge is 0.229 e. The van der Waals surface area contributed by atoms with Gasteiger partial charge in [-0.2, -0.15) is 5.10 Å². The van der Waals surface area contributed by atoms with E-state index in [0.717, 1.165) is 31.2 Å². The first-order chi connectivity index (χ1) is 13.6. The molecule has 1 aliphatic rings. The third-order valence-electron chi connectivity index (χ3n) is 4.59. The van der Waals surface area contributed by atoms with Crippen molar-refractivity contribution >= 4 is 17.4 Å². The number of nitrogens with one attached hydrogen (secondary N) is 1. The van der Waals surface area contributed by atoms with Crippen LogP contribution >= 0.6 is 0 Å². The van der Waals surface area contributed by atoms with Crippen LogP contribution in [-0.2, 0) is 4.79 Å². The predicted molar refractivity (Wildman–Crippen MR) is 96.9 cm³/mol. The summed E-state index contributed by atoms with van der Waals surface area (Å²) >= 11 is 0. The van der Waals surface area contributed by atoms with E-state index in [-0.39, 0.29) is 17.5 Å². The van der Waals surface area contributed by atoms with E-state index in [0.29, 0.717) is 24.6 Å². The number of hydrogen-bond acceptors (Lipinski definition) is 6. The molecular weight excluding hydrogens is 368 g/mol. The monoisotopic (exact) mass is 385 g/mol. The van der Waals surface area contributed by atoms with Crippen LogP contribution in [0, 0.1) is 17.6 Å². The first kappa shape index (κ1) is 18.0. The van der Waals surface area contributed by atoms with Crippen molar-refractivity contribution in [1.82, 2.24) is 25.0 Å². The third kappa shape index (κ3) is 3.80. The molecule has 1 aliphatic heterocycles. The zero-order chi connectivity index (χ0) is 19.5. The van der Waals surface area contributed by atoms with Crippen LogP contribution in [0.2, 0.25) is 0 Å². The highest BCUT2D eigenvalue weighted by molar-refractivity contribution is 5.93. The van der Waals surface area contributed by atoms with Gasteiger partial charge in [-0.15, -0.1) is 10.2 Å². The molecule has 1 fully saturated rings. The Morgan fingerprint density at radius 2 is 1.96 bits per heavy atom. The SMILES string of the molecule is O=C(Nc1cc(F)ccc1F)[C@H]1CCCN(c2ccc(-n3cncn3)nn2)C1. The van der Waals surface area contributed by atoms with Crippen molar-refractivity contribution in [2.75, 3.05) is 23.3 Å². The van der Waals surface area contributed by atoms with Gasteiger partial charge >= 0.3 is 0 Å². The molecule has 1 amide bonds. The van der Waals surface area contributed by atoms with Gasteiger partial charge in [0, 0.05) is 19.2 Å². The fraction of sp³-hybridized carbons (Fsp3) is 0.278. The lowest BCUT2D eigenvalue weighted by Crippen LogP contribution is -2.41. The second-order valence-electron chi connectivity index (χ2n) is 6.49. The predicted octanol–water partition coefficient (Wildman–Crippen LogP) is 2.19. The number of nitrogens with zero attached hydrogens (tertiary/aromatic N) is 6. The third-order valence-corrected chi connectivity index (χ3v) is 4.59. The molecule has 1 atom stereocenters. The summed E-state index contributed by atoms with van der Waals surface area (Å²) in [6.45, 7) is 1.15. The Labute approximate surface area is 159 Å². The summed E-state index contributed by atoms with van der Waals surface area (Å²) in [6.07, 6.45) is 4.36. The number of amides is 1. The molecule has 0 saturated carbocycles. The van der Waals surface area contributed by atoms with Gasteiger partial charge in [-0.05, 0) is 37.1 Å². The molecule has 3 aromatic rings.